The molecule has 0 aliphatic heterocycles. The van der Waals surface area contributed by atoms with Gasteiger partial charge in [0.2, 0.25) is 9.70 Å². The molecule has 0 aromatic heterocycles. The number of nitrogens with zero attached hydrogens (tertiary/aromatic N) is 1. The van der Waals surface area contributed by atoms with E-state index in [2.05, 4.69) is 10.6 Å². The highest BCUT2D eigenvalue weighted by atomic mass is 35.6. The molecule has 2 rings (SSSR count). The van der Waals surface area contributed by atoms with Crippen LogP contribution in [0.2, 0.25) is 0 Å². The molecule has 0 saturated heterocycles. The maximum Gasteiger partial charge on any atom is 0.269 e. The number of nitro groups is 1. The second-order valence-electron chi connectivity index (χ2n) is 5.15. The molecule has 0 radical (unpaired) electrons. The maximum atomic E-state index is 12.2. The standard InChI is InChI=1S/C16H14Cl3N3O3/c17-16(18,19)15(20-12-6-8-13(9-7-12)22(24)25)21-14(23)10-11-4-2-1-3-5-11/h1-9,15,20H,10H2,(H,21,23). The molecule has 9 heteroatoms. The molecule has 2 aromatic rings. The van der Waals surface area contributed by atoms with Gasteiger partial charge in [-0.15, -0.1) is 0 Å². The van der Waals surface area contributed by atoms with Crippen LogP contribution in [0.4, 0.5) is 11.4 Å². The minimum absolute atomic E-state index is 0.0657. The summed E-state index contributed by atoms with van der Waals surface area (Å²) in [6, 6.07) is 14.7. The Labute approximate surface area is 159 Å². The number of anilines is 1. The third-order valence-electron chi connectivity index (χ3n) is 3.23. The number of carbonyl (C=O) groups excluding carboxylic acids is 1. The van der Waals surface area contributed by atoms with Crippen molar-refractivity contribution in [2.45, 2.75) is 16.4 Å². The Bertz CT molecular complexity index is 734. The average molecular weight is 403 g/mol. The number of nitro benzene ring substituents is 1. The van der Waals surface area contributed by atoms with Crippen molar-refractivity contribution >= 4 is 52.1 Å². The lowest BCUT2D eigenvalue weighted by Crippen LogP contribution is -2.49. The van der Waals surface area contributed by atoms with Gasteiger partial charge in [0.25, 0.3) is 5.69 Å². The van der Waals surface area contributed by atoms with Crippen molar-refractivity contribution in [3.63, 3.8) is 0 Å². The Hall–Kier alpha value is -2.02. The Kier molecular flexibility index (Phi) is 6.47. The van der Waals surface area contributed by atoms with Crippen LogP contribution in [-0.2, 0) is 11.2 Å². The first-order chi connectivity index (χ1) is 11.8. The molecule has 1 unspecified atom stereocenters. The molecule has 132 valence electrons. The van der Waals surface area contributed by atoms with E-state index in [0.717, 1.165) is 5.56 Å². The number of hydrogen-bond donors (Lipinski definition) is 2. The van der Waals surface area contributed by atoms with Gasteiger partial charge in [0.15, 0.2) is 0 Å². The van der Waals surface area contributed by atoms with Crippen LogP contribution < -0.4 is 10.6 Å². The number of halogens is 3. The molecule has 0 spiro atoms. The van der Waals surface area contributed by atoms with Crippen molar-refractivity contribution < 1.29 is 9.72 Å². The SMILES string of the molecule is O=C(Cc1ccccc1)NC(Nc1ccc([N+](=O)[O-])cc1)C(Cl)(Cl)Cl. The van der Waals surface area contributed by atoms with Crippen molar-refractivity contribution in [2.75, 3.05) is 5.32 Å². The van der Waals surface area contributed by atoms with Crippen LogP contribution in [0.25, 0.3) is 0 Å². The number of carbonyl (C=O) groups is 1. The number of non-ortho nitro benzene ring substituents is 1. The highest BCUT2D eigenvalue weighted by Gasteiger charge is 2.34. The van der Waals surface area contributed by atoms with E-state index in [4.69, 9.17) is 34.8 Å². The lowest BCUT2D eigenvalue weighted by Gasteiger charge is -2.27. The summed E-state index contributed by atoms with van der Waals surface area (Å²) >= 11 is 17.8. The third-order valence-corrected chi connectivity index (χ3v) is 3.88. The van der Waals surface area contributed by atoms with E-state index in [9.17, 15) is 14.9 Å². The second-order valence-corrected chi connectivity index (χ2v) is 7.52. The summed E-state index contributed by atoms with van der Waals surface area (Å²) in [4.78, 5) is 22.3. The van der Waals surface area contributed by atoms with Gasteiger partial charge in [-0.1, -0.05) is 65.1 Å². The Morgan fingerprint density at radius 2 is 1.68 bits per heavy atom. The largest absolute Gasteiger partial charge is 0.362 e. The lowest BCUT2D eigenvalue weighted by molar-refractivity contribution is -0.384. The zero-order chi connectivity index (χ0) is 18.4. The van der Waals surface area contributed by atoms with Gasteiger partial charge < -0.3 is 10.6 Å². The maximum absolute atomic E-state index is 12.2. The van der Waals surface area contributed by atoms with Crippen molar-refractivity contribution in [3.8, 4) is 0 Å². The quantitative estimate of drug-likeness (QED) is 0.330. The van der Waals surface area contributed by atoms with E-state index < -0.39 is 14.9 Å². The molecule has 2 N–H and O–H groups in total. The molecule has 0 fully saturated rings. The van der Waals surface area contributed by atoms with Gasteiger partial charge in [-0.3, -0.25) is 14.9 Å². The predicted octanol–water partition coefficient (Wildman–Crippen LogP) is 4.06. The van der Waals surface area contributed by atoms with Gasteiger partial charge >= 0.3 is 0 Å². The Morgan fingerprint density at radius 3 is 2.20 bits per heavy atom. The van der Waals surface area contributed by atoms with Crippen LogP contribution in [-0.4, -0.2) is 20.8 Å². The summed E-state index contributed by atoms with van der Waals surface area (Å²) < 4.78 is -1.83. The van der Waals surface area contributed by atoms with Gasteiger partial charge in [0.05, 0.1) is 11.3 Å². The molecule has 25 heavy (non-hydrogen) atoms. The molecule has 0 aliphatic carbocycles. The number of rotatable bonds is 6. The van der Waals surface area contributed by atoms with Gasteiger partial charge in [-0.05, 0) is 17.7 Å². The first-order valence-corrected chi connectivity index (χ1v) is 8.30. The van der Waals surface area contributed by atoms with E-state index in [-0.39, 0.29) is 18.0 Å². The minimum Gasteiger partial charge on any atom is -0.362 e. The molecule has 0 bridgehead atoms. The molecule has 1 amide bonds. The highest BCUT2D eigenvalue weighted by molar-refractivity contribution is 6.68. The fraction of sp³-hybridized carbons (Fsp3) is 0.188. The number of nitrogens with one attached hydrogen (secondary N) is 2. The molecular formula is C16H14Cl3N3O3. The normalized spacial score (nSPS) is 12.3. The average Bonchev–Trinajstić information content (AvgIpc) is 2.54. The Morgan fingerprint density at radius 1 is 1.08 bits per heavy atom. The monoisotopic (exact) mass is 401 g/mol. The lowest BCUT2D eigenvalue weighted by atomic mass is 10.1. The van der Waals surface area contributed by atoms with Crippen LogP contribution >= 0.6 is 34.8 Å². The van der Waals surface area contributed by atoms with Crippen LogP contribution in [0.5, 0.6) is 0 Å². The van der Waals surface area contributed by atoms with Crippen molar-refractivity contribution in [1.29, 1.82) is 0 Å². The number of alkyl halides is 3. The van der Waals surface area contributed by atoms with Gasteiger partial charge in [0.1, 0.15) is 6.17 Å². The van der Waals surface area contributed by atoms with E-state index >= 15 is 0 Å². The van der Waals surface area contributed by atoms with Crippen LogP contribution in [0, 0.1) is 10.1 Å². The van der Waals surface area contributed by atoms with Crippen LogP contribution in [0.15, 0.2) is 54.6 Å². The number of hydrogen-bond acceptors (Lipinski definition) is 4. The topological polar surface area (TPSA) is 84.3 Å². The number of amides is 1. The fourth-order valence-corrected chi connectivity index (χ4v) is 2.37. The summed E-state index contributed by atoms with van der Waals surface area (Å²) in [5.41, 5.74) is 1.21. The number of benzene rings is 2. The van der Waals surface area contributed by atoms with E-state index in [0.29, 0.717) is 5.69 Å². The first-order valence-electron chi connectivity index (χ1n) is 7.17. The van der Waals surface area contributed by atoms with Crippen molar-refractivity contribution in [2.24, 2.45) is 0 Å². The first kappa shape index (κ1) is 19.3. The summed E-state index contributed by atoms with van der Waals surface area (Å²) in [6.07, 6.45) is -0.893. The Balaban J connectivity index is 2.06. The summed E-state index contributed by atoms with van der Waals surface area (Å²) in [5, 5.41) is 16.1. The molecule has 0 saturated carbocycles. The van der Waals surface area contributed by atoms with Crippen molar-refractivity contribution in [3.05, 3.63) is 70.3 Å². The summed E-state index contributed by atoms with van der Waals surface area (Å²) in [7, 11) is 0. The highest BCUT2D eigenvalue weighted by Crippen LogP contribution is 2.31. The van der Waals surface area contributed by atoms with Gasteiger partial charge in [0, 0.05) is 17.8 Å². The van der Waals surface area contributed by atoms with E-state index in [1.54, 1.807) is 0 Å². The molecule has 1 atom stereocenters. The van der Waals surface area contributed by atoms with E-state index in [1.165, 1.54) is 24.3 Å². The minimum atomic E-state index is -1.83. The van der Waals surface area contributed by atoms with E-state index in [1.807, 2.05) is 30.3 Å². The zero-order valence-corrected chi connectivity index (χ0v) is 15.1. The van der Waals surface area contributed by atoms with Crippen LogP contribution in [0.1, 0.15) is 5.56 Å². The molecule has 0 heterocycles. The summed E-state index contributed by atoms with van der Waals surface area (Å²) in [5.74, 6) is -0.336. The zero-order valence-electron chi connectivity index (χ0n) is 12.8. The molecule has 2 aromatic carbocycles. The van der Waals surface area contributed by atoms with Gasteiger partial charge in [-0.25, -0.2) is 0 Å². The molecular weight excluding hydrogens is 389 g/mol. The fourth-order valence-electron chi connectivity index (χ4n) is 2.04. The second kappa shape index (κ2) is 8.38. The predicted molar refractivity (Wildman–Crippen MR) is 99.1 cm³/mol. The molecule has 0 aliphatic rings. The van der Waals surface area contributed by atoms with Crippen LogP contribution in [0.3, 0.4) is 0 Å². The smallest absolute Gasteiger partial charge is 0.269 e. The molecule has 6 nitrogen and oxygen atoms in total. The summed E-state index contributed by atoms with van der Waals surface area (Å²) in [6.45, 7) is 0. The third kappa shape index (κ3) is 6.08. The van der Waals surface area contributed by atoms with Gasteiger partial charge in [-0.2, -0.15) is 0 Å². The van der Waals surface area contributed by atoms with Crippen molar-refractivity contribution in [1.82, 2.24) is 5.32 Å².